The molecule has 0 amide bonds. The average molecular weight is 370 g/mol. The van der Waals surface area contributed by atoms with E-state index in [0.29, 0.717) is 18.2 Å². The van der Waals surface area contributed by atoms with Crippen molar-refractivity contribution in [3.8, 4) is 0 Å². The fourth-order valence-electron chi connectivity index (χ4n) is 2.08. The van der Waals surface area contributed by atoms with Crippen molar-refractivity contribution in [1.82, 2.24) is 4.31 Å². The van der Waals surface area contributed by atoms with E-state index in [-0.39, 0.29) is 12.6 Å². The van der Waals surface area contributed by atoms with Gasteiger partial charge in [-0.3, -0.25) is 0 Å². The van der Waals surface area contributed by atoms with Gasteiger partial charge in [0, 0.05) is 17.9 Å². The van der Waals surface area contributed by atoms with Crippen LogP contribution in [0.2, 0.25) is 0 Å². The van der Waals surface area contributed by atoms with Crippen LogP contribution in [0.15, 0.2) is 23.1 Å². The smallest absolute Gasteiger partial charge is 0.207 e. The van der Waals surface area contributed by atoms with Gasteiger partial charge in [0.25, 0.3) is 0 Å². The van der Waals surface area contributed by atoms with Crippen molar-refractivity contribution in [1.29, 1.82) is 0 Å². The Kier molecular flexibility index (Phi) is 6.54. The third kappa shape index (κ3) is 3.77. The molecule has 0 saturated heterocycles. The van der Waals surface area contributed by atoms with Crippen LogP contribution in [-0.2, 0) is 10.0 Å². The lowest BCUT2D eigenvalue weighted by Gasteiger charge is -2.29. The van der Waals surface area contributed by atoms with E-state index < -0.39 is 26.6 Å². The zero-order chi connectivity index (χ0) is 15.3. The second kappa shape index (κ2) is 7.47. The maximum atomic E-state index is 13.8. The topological polar surface area (TPSA) is 37.4 Å². The van der Waals surface area contributed by atoms with Gasteiger partial charge in [-0.2, -0.15) is 4.31 Å². The summed E-state index contributed by atoms with van der Waals surface area (Å²) >= 11 is 3.20. The molecule has 0 saturated carbocycles. The maximum absolute atomic E-state index is 13.8. The van der Waals surface area contributed by atoms with Gasteiger partial charge in [0.05, 0.1) is 0 Å². The molecule has 0 heterocycles. The average Bonchev–Trinajstić information content (AvgIpc) is 2.41. The van der Waals surface area contributed by atoms with E-state index in [1.54, 1.807) is 0 Å². The van der Waals surface area contributed by atoms with Crippen molar-refractivity contribution in [2.24, 2.45) is 0 Å². The zero-order valence-electron chi connectivity index (χ0n) is 11.4. The summed E-state index contributed by atoms with van der Waals surface area (Å²) in [5, 5.41) is 0.430. The first kappa shape index (κ1) is 17.5. The van der Waals surface area contributed by atoms with Crippen LogP contribution < -0.4 is 0 Å². The summed E-state index contributed by atoms with van der Waals surface area (Å²) in [6.07, 6.45) is 1.22. The zero-order valence-corrected chi connectivity index (χ0v) is 13.8. The molecule has 3 nitrogen and oxygen atoms in total. The molecular formula is C13H18BrF2NO2S. The van der Waals surface area contributed by atoms with E-state index in [1.165, 1.54) is 4.31 Å². The summed E-state index contributed by atoms with van der Waals surface area (Å²) in [6.45, 7) is 3.95. The third-order valence-electron chi connectivity index (χ3n) is 3.13. The van der Waals surface area contributed by atoms with Crippen LogP contribution in [0.1, 0.15) is 26.7 Å². The number of rotatable bonds is 7. The molecule has 0 fully saturated rings. The Bertz CT molecular complexity index is 547. The van der Waals surface area contributed by atoms with Gasteiger partial charge < -0.3 is 0 Å². The molecule has 0 aromatic heterocycles. The highest BCUT2D eigenvalue weighted by Crippen LogP contribution is 2.24. The van der Waals surface area contributed by atoms with E-state index in [0.717, 1.165) is 18.2 Å². The van der Waals surface area contributed by atoms with Gasteiger partial charge in [-0.25, -0.2) is 17.2 Å². The summed E-state index contributed by atoms with van der Waals surface area (Å²) in [5.74, 6) is -1.70. The molecule has 7 heteroatoms. The van der Waals surface area contributed by atoms with Gasteiger partial charge in [0.1, 0.15) is 16.5 Å². The van der Waals surface area contributed by atoms with Gasteiger partial charge >= 0.3 is 0 Å². The lowest BCUT2D eigenvalue weighted by Crippen LogP contribution is -2.41. The molecule has 1 aromatic rings. The first-order chi connectivity index (χ1) is 9.38. The Labute approximate surface area is 127 Å². The first-order valence-corrected chi connectivity index (χ1v) is 8.97. The van der Waals surface area contributed by atoms with Crippen LogP contribution in [0, 0.1) is 11.6 Å². The molecule has 0 atom stereocenters. The van der Waals surface area contributed by atoms with Crippen molar-refractivity contribution in [3.63, 3.8) is 0 Å². The SMILES string of the molecule is CCC(CC)N(CCBr)S(=O)(=O)c1cc(F)ccc1F. The van der Waals surface area contributed by atoms with Crippen molar-refractivity contribution in [2.75, 3.05) is 11.9 Å². The van der Waals surface area contributed by atoms with E-state index in [4.69, 9.17) is 0 Å². The molecule has 1 rings (SSSR count). The van der Waals surface area contributed by atoms with E-state index in [9.17, 15) is 17.2 Å². The number of hydrogen-bond acceptors (Lipinski definition) is 2. The van der Waals surface area contributed by atoms with Crippen LogP contribution >= 0.6 is 15.9 Å². The standard InChI is InChI=1S/C13H18BrF2NO2S/c1-3-11(4-2)17(8-7-14)20(18,19)13-9-10(15)5-6-12(13)16/h5-6,9,11H,3-4,7-8H2,1-2H3. The van der Waals surface area contributed by atoms with E-state index in [2.05, 4.69) is 15.9 Å². The Morgan fingerprint density at radius 1 is 1.25 bits per heavy atom. The Morgan fingerprint density at radius 2 is 1.85 bits per heavy atom. The van der Waals surface area contributed by atoms with Crippen LogP contribution in [0.4, 0.5) is 8.78 Å². The highest BCUT2D eigenvalue weighted by molar-refractivity contribution is 9.09. The monoisotopic (exact) mass is 369 g/mol. The predicted molar refractivity (Wildman–Crippen MR) is 78.4 cm³/mol. The molecule has 0 aliphatic rings. The quantitative estimate of drug-likeness (QED) is 0.689. The maximum Gasteiger partial charge on any atom is 0.246 e. The summed E-state index contributed by atoms with van der Waals surface area (Å²) in [7, 11) is -4.05. The number of sulfonamides is 1. The Balaban J connectivity index is 3.32. The fraction of sp³-hybridized carbons (Fsp3) is 0.538. The molecule has 0 N–H and O–H groups in total. The van der Waals surface area contributed by atoms with Crippen molar-refractivity contribution < 1.29 is 17.2 Å². The molecule has 0 aliphatic heterocycles. The minimum Gasteiger partial charge on any atom is -0.207 e. The molecule has 0 radical (unpaired) electrons. The largest absolute Gasteiger partial charge is 0.246 e. The van der Waals surface area contributed by atoms with E-state index >= 15 is 0 Å². The Morgan fingerprint density at radius 3 is 2.35 bits per heavy atom. The first-order valence-electron chi connectivity index (χ1n) is 6.41. The lowest BCUT2D eigenvalue weighted by atomic mass is 10.2. The summed E-state index contributed by atoms with van der Waals surface area (Å²) < 4.78 is 53.3. The number of hydrogen-bond donors (Lipinski definition) is 0. The minimum absolute atomic E-state index is 0.213. The minimum atomic E-state index is -4.05. The second-order valence-electron chi connectivity index (χ2n) is 4.35. The fourth-order valence-corrected chi connectivity index (χ4v) is 4.55. The van der Waals surface area contributed by atoms with Crippen LogP contribution in [-0.4, -0.2) is 30.6 Å². The van der Waals surface area contributed by atoms with Gasteiger partial charge in [-0.05, 0) is 31.0 Å². The third-order valence-corrected chi connectivity index (χ3v) is 5.46. The summed E-state index contributed by atoms with van der Waals surface area (Å²) in [6, 6.07) is 2.23. The number of alkyl halides is 1. The molecule has 1 aromatic carbocycles. The lowest BCUT2D eigenvalue weighted by molar-refractivity contribution is 0.316. The van der Waals surface area contributed by atoms with Crippen LogP contribution in [0.5, 0.6) is 0 Å². The Hall–Kier alpha value is -0.530. The van der Waals surface area contributed by atoms with Crippen molar-refractivity contribution >= 4 is 26.0 Å². The molecule has 114 valence electrons. The predicted octanol–water partition coefficient (Wildman–Crippen LogP) is 3.54. The highest BCUT2D eigenvalue weighted by atomic mass is 79.9. The second-order valence-corrected chi connectivity index (χ2v) is 7.00. The number of nitrogens with zero attached hydrogens (tertiary/aromatic N) is 1. The highest BCUT2D eigenvalue weighted by Gasteiger charge is 2.31. The van der Waals surface area contributed by atoms with Gasteiger partial charge in [-0.15, -0.1) is 0 Å². The number of benzene rings is 1. The van der Waals surface area contributed by atoms with Gasteiger partial charge in [0.2, 0.25) is 10.0 Å². The van der Waals surface area contributed by atoms with E-state index in [1.807, 2.05) is 13.8 Å². The molecular weight excluding hydrogens is 352 g/mol. The molecule has 0 spiro atoms. The van der Waals surface area contributed by atoms with Crippen molar-refractivity contribution in [3.05, 3.63) is 29.8 Å². The van der Waals surface area contributed by atoms with Gasteiger partial charge in [0.15, 0.2) is 0 Å². The molecule has 20 heavy (non-hydrogen) atoms. The molecule has 0 unspecified atom stereocenters. The van der Waals surface area contributed by atoms with Crippen LogP contribution in [0.25, 0.3) is 0 Å². The summed E-state index contributed by atoms with van der Waals surface area (Å²) in [5.41, 5.74) is 0. The molecule has 0 bridgehead atoms. The van der Waals surface area contributed by atoms with Crippen molar-refractivity contribution in [2.45, 2.75) is 37.6 Å². The van der Waals surface area contributed by atoms with Gasteiger partial charge in [-0.1, -0.05) is 29.8 Å². The molecule has 0 aliphatic carbocycles. The number of halogens is 3. The normalized spacial score (nSPS) is 12.3. The summed E-state index contributed by atoms with van der Waals surface area (Å²) in [4.78, 5) is -0.606. The van der Waals surface area contributed by atoms with Crippen LogP contribution in [0.3, 0.4) is 0 Å².